The second kappa shape index (κ2) is 8.69. The van der Waals surface area contributed by atoms with Crippen molar-refractivity contribution in [1.82, 2.24) is 4.57 Å². The van der Waals surface area contributed by atoms with Gasteiger partial charge in [0.2, 0.25) is 5.91 Å². The van der Waals surface area contributed by atoms with Crippen LogP contribution in [-0.4, -0.2) is 10.5 Å². The number of hydrogen-bond acceptors (Lipinski definition) is 1. The van der Waals surface area contributed by atoms with Gasteiger partial charge in [-0.05, 0) is 36.3 Å². The van der Waals surface area contributed by atoms with Crippen molar-refractivity contribution in [1.29, 1.82) is 0 Å². The molecule has 4 nitrogen and oxygen atoms in total. The van der Waals surface area contributed by atoms with Gasteiger partial charge < -0.3 is 29.7 Å². The fourth-order valence-corrected chi connectivity index (χ4v) is 5.09. The third-order valence-electron chi connectivity index (χ3n) is 6.59. The molecule has 0 unspecified atom stereocenters. The lowest BCUT2D eigenvalue weighted by Gasteiger charge is -2.37. The number of imidazole rings is 1. The molecule has 1 aliphatic rings. The van der Waals surface area contributed by atoms with E-state index in [9.17, 15) is 4.79 Å². The Kier molecular flexibility index (Phi) is 6.46. The Labute approximate surface area is 189 Å². The summed E-state index contributed by atoms with van der Waals surface area (Å²) in [5.74, 6) is 1.13. The molecule has 1 heterocycles. The highest BCUT2D eigenvalue weighted by Crippen LogP contribution is 2.49. The van der Waals surface area contributed by atoms with Gasteiger partial charge in [-0.15, -0.1) is 0 Å². The first-order valence-corrected chi connectivity index (χ1v) is 9.99. The molecule has 0 spiro atoms. The monoisotopic (exact) mass is 501 g/mol. The third-order valence-corrected chi connectivity index (χ3v) is 6.59. The van der Waals surface area contributed by atoms with Crippen molar-refractivity contribution in [2.24, 2.45) is 18.7 Å². The molecule has 152 valence electrons. The molecule has 1 saturated carbocycles. The van der Waals surface area contributed by atoms with Gasteiger partial charge in [0, 0.05) is 6.92 Å². The molecule has 1 amide bonds. The number of carbonyl (C=O) groups excluding carboxylic acids is 1. The van der Waals surface area contributed by atoms with E-state index in [0.717, 1.165) is 30.4 Å². The molecule has 1 aliphatic carbocycles. The number of nitrogens with zero attached hydrogens (tertiary/aromatic N) is 2. The van der Waals surface area contributed by atoms with E-state index in [0.29, 0.717) is 6.04 Å². The van der Waals surface area contributed by atoms with E-state index < -0.39 is 5.41 Å². The predicted molar refractivity (Wildman–Crippen MR) is 110 cm³/mol. The smallest absolute Gasteiger partial charge is 0.253 e. The molecular weight excluding hydrogens is 473 g/mol. The van der Waals surface area contributed by atoms with E-state index in [1.165, 1.54) is 5.82 Å². The first kappa shape index (κ1) is 21.6. The fourth-order valence-electron chi connectivity index (χ4n) is 5.09. The largest absolute Gasteiger partial charge is 1.00 e. The molecule has 1 aromatic heterocycles. The number of halogens is 1. The molecule has 0 aliphatic heterocycles. The van der Waals surface area contributed by atoms with Crippen molar-refractivity contribution in [3.8, 4) is 0 Å². The van der Waals surface area contributed by atoms with Gasteiger partial charge in [0.05, 0.1) is 7.05 Å². The van der Waals surface area contributed by atoms with Crippen molar-refractivity contribution in [2.75, 3.05) is 0 Å². The highest BCUT2D eigenvalue weighted by atomic mass is 127. The highest BCUT2D eigenvalue weighted by Gasteiger charge is 2.51. The van der Waals surface area contributed by atoms with Crippen LogP contribution >= 0.6 is 0 Å². The summed E-state index contributed by atoms with van der Waals surface area (Å²) in [6, 6.07) is 20.5. The lowest BCUT2D eigenvalue weighted by molar-refractivity contribution is -0.677. The number of hydrogen-bond donors (Lipinski definition) is 1. The number of rotatable bonds is 5. The van der Waals surface area contributed by atoms with Crippen LogP contribution in [0.25, 0.3) is 0 Å². The Morgan fingerprint density at radius 3 is 2.03 bits per heavy atom. The van der Waals surface area contributed by atoms with Crippen molar-refractivity contribution >= 4 is 5.91 Å². The van der Waals surface area contributed by atoms with Crippen LogP contribution in [0.4, 0.5) is 0 Å². The van der Waals surface area contributed by atoms with Crippen LogP contribution in [0, 0.1) is 12.8 Å². The minimum Gasteiger partial charge on any atom is -1.00 e. The molecule has 0 bridgehead atoms. The second-order valence-corrected chi connectivity index (χ2v) is 7.93. The summed E-state index contributed by atoms with van der Waals surface area (Å²) in [5, 5.41) is 0. The van der Waals surface area contributed by atoms with Crippen molar-refractivity contribution in [3.63, 3.8) is 0 Å². The minimum atomic E-state index is -0.805. The molecule has 0 saturated heterocycles. The summed E-state index contributed by atoms with van der Waals surface area (Å²) in [6.07, 6.45) is 7.20. The Morgan fingerprint density at radius 1 is 1.03 bits per heavy atom. The Balaban J connectivity index is 0.00000240. The first-order valence-electron chi connectivity index (χ1n) is 9.99. The summed E-state index contributed by atoms with van der Waals surface area (Å²) in [5.41, 5.74) is 7.37. The normalized spacial score (nSPS) is 19.0. The van der Waals surface area contributed by atoms with Crippen LogP contribution in [-0.2, 0) is 17.3 Å². The minimum absolute atomic E-state index is 0. The van der Waals surface area contributed by atoms with E-state index in [4.69, 9.17) is 5.73 Å². The van der Waals surface area contributed by atoms with Gasteiger partial charge >= 0.3 is 0 Å². The topological polar surface area (TPSA) is 51.9 Å². The van der Waals surface area contributed by atoms with Crippen LogP contribution < -0.4 is 34.3 Å². The maximum absolute atomic E-state index is 13.1. The first-order chi connectivity index (χ1) is 13.5. The SMILES string of the molecule is Cc1n([C@@H]2CC[C@@H](C(C(N)=O)(c3ccccc3)c3ccccc3)C2)cc[n+]1C.[I-]. The molecule has 5 heteroatoms. The van der Waals surface area contributed by atoms with E-state index in [1.807, 2.05) is 60.7 Å². The predicted octanol–water partition coefficient (Wildman–Crippen LogP) is 0.438. The van der Waals surface area contributed by atoms with Crippen LogP contribution in [0.5, 0.6) is 0 Å². The Hall–Kier alpha value is -2.15. The van der Waals surface area contributed by atoms with Crippen LogP contribution in [0.1, 0.15) is 42.3 Å². The van der Waals surface area contributed by atoms with Crippen LogP contribution in [0.15, 0.2) is 73.1 Å². The summed E-state index contributed by atoms with van der Waals surface area (Å²) in [7, 11) is 2.07. The van der Waals surface area contributed by atoms with Crippen LogP contribution in [0.2, 0.25) is 0 Å². The van der Waals surface area contributed by atoms with Gasteiger partial charge in [-0.25, -0.2) is 9.13 Å². The van der Waals surface area contributed by atoms with Crippen molar-refractivity contribution in [3.05, 3.63) is 90.0 Å². The molecular formula is C24H28IN3O. The quantitative estimate of drug-likeness (QED) is 0.401. The Morgan fingerprint density at radius 2 is 1.59 bits per heavy atom. The standard InChI is InChI=1S/C24H27N3O.HI/c1-18-26(2)15-16-27(18)22-14-13-21(17-22)24(23(25)28,19-9-5-3-6-10-19)20-11-7-4-8-12-20;/h3-12,15-16,21-22H,13-14,17H2,1-2H3,(H-,25,28);1H/t21-,22-;/m1./s1. The van der Waals surface area contributed by atoms with Gasteiger partial charge in [-0.2, -0.15) is 0 Å². The lowest BCUT2D eigenvalue weighted by Crippen LogP contribution is -3.00. The molecule has 4 rings (SSSR count). The number of aromatic nitrogens is 2. The lowest BCUT2D eigenvalue weighted by atomic mass is 9.64. The third kappa shape index (κ3) is 3.61. The maximum Gasteiger partial charge on any atom is 0.253 e. The van der Waals surface area contributed by atoms with Gasteiger partial charge in [0.25, 0.3) is 5.82 Å². The van der Waals surface area contributed by atoms with E-state index in [1.54, 1.807) is 0 Å². The van der Waals surface area contributed by atoms with Crippen LogP contribution in [0.3, 0.4) is 0 Å². The number of nitrogens with two attached hydrogens (primary N) is 1. The van der Waals surface area contributed by atoms with Crippen molar-refractivity contribution in [2.45, 2.75) is 37.6 Å². The summed E-state index contributed by atoms with van der Waals surface area (Å²) in [6.45, 7) is 2.14. The zero-order chi connectivity index (χ0) is 19.7. The van der Waals surface area contributed by atoms with E-state index in [-0.39, 0.29) is 35.8 Å². The second-order valence-electron chi connectivity index (χ2n) is 7.93. The van der Waals surface area contributed by atoms with Gasteiger partial charge in [0.1, 0.15) is 23.9 Å². The van der Waals surface area contributed by atoms with Gasteiger partial charge in [0.15, 0.2) is 0 Å². The zero-order valence-corrected chi connectivity index (χ0v) is 19.1. The summed E-state index contributed by atoms with van der Waals surface area (Å²) >= 11 is 0. The molecule has 0 radical (unpaired) electrons. The van der Waals surface area contributed by atoms with Gasteiger partial charge in [-0.3, -0.25) is 4.79 Å². The molecule has 3 aromatic rings. The number of primary amides is 1. The Bertz CT molecular complexity index is 929. The zero-order valence-electron chi connectivity index (χ0n) is 17.0. The average Bonchev–Trinajstić information content (AvgIpc) is 3.32. The molecule has 29 heavy (non-hydrogen) atoms. The summed E-state index contributed by atoms with van der Waals surface area (Å²) in [4.78, 5) is 13.1. The highest BCUT2D eigenvalue weighted by molar-refractivity contribution is 5.91. The number of carbonyl (C=O) groups is 1. The number of aryl methyl sites for hydroxylation is 1. The molecule has 2 N–H and O–H groups in total. The van der Waals surface area contributed by atoms with E-state index in [2.05, 4.69) is 35.5 Å². The van der Waals surface area contributed by atoms with E-state index >= 15 is 0 Å². The molecule has 1 fully saturated rings. The summed E-state index contributed by atoms with van der Waals surface area (Å²) < 4.78 is 4.49. The molecule has 2 aromatic carbocycles. The van der Waals surface area contributed by atoms with Crippen molar-refractivity contribution < 1.29 is 33.3 Å². The number of benzene rings is 2. The maximum atomic E-state index is 13.1. The average molecular weight is 501 g/mol. The fraction of sp³-hybridized carbons (Fsp3) is 0.333. The van der Waals surface area contributed by atoms with Gasteiger partial charge in [-0.1, -0.05) is 60.7 Å². The molecule has 2 atom stereocenters. The number of amides is 1.